The second-order valence-electron chi connectivity index (χ2n) is 5.27. The molecule has 0 aliphatic carbocycles. The van der Waals surface area contributed by atoms with Gasteiger partial charge >= 0.3 is 5.97 Å². The lowest BCUT2D eigenvalue weighted by molar-refractivity contribution is -0.137. The molecule has 0 heterocycles. The number of para-hydroxylation sites is 1. The van der Waals surface area contributed by atoms with Crippen LogP contribution in [0.2, 0.25) is 0 Å². The zero-order valence-corrected chi connectivity index (χ0v) is 13.1. The number of hydrogen-bond donors (Lipinski definition) is 1. The van der Waals surface area contributed by atoms with Crippen LogP contribution in [0.15, 0.2) is 48.5 Å². The smallest absolute Gasteiger partial charge is 0.303 e. The first-order chi connectivity index (χ1) is 11.1. The van der Waals surface area contributed by atoms with Gasteiger partial charge in [0.1, 0.15) is 5.75 Å². The van der Waals surface area contributed by atoms with Crippen LogP contribution in [0.4, 0.5) is 0 Å². The number of ketones is 1. The topological polar surface area (TPSA) is 63.6 Å². The molecule has 0 unspecified atom stereocenters. The van der Waals surface area contributed by atoms with E-state index < -0.39 is 5.97 Å². The van der Waals surface area contributed by atoms with Crippen molar-refractivity contribution in [2.75, 3.05) is 7.11 Å². The fourth-order valence-corrected chi connectivity index (χ4v) is 2.52. The number of Topliss-reactive ketones (excluding diaryl/α,β-unsaturated/α-hetero) is 1. The number of carbonyl (C=O) groups is 2. The lowest BCUT2D eigenvalue weighted by Gasteiger charge is -2.12. The van der Waals surface area contributed by atoms with Gasteiger partial charge in [-0.1, -0.05) is 42.5 Å². The van der Waals surface area contributed by atoms with Gasteiger partial charge in [-0.15, -0.1) is 0 Å². The van der Waals surface area contributed by atoms with Gasteiger partial charge < -0.3 is 9.84 Å². The quantitative estimate of drug-likeness (QED) is 0.586. The van der Waals surface area contributed by atoms with Crippen LogP contribution in [0.3, 0.4) is 0 Å². The minimum absolute atomic E-state index is 0.0249. The summed E-state index contributed by atoms with van der Waals surface area (Å²) in [5, 5.41) is 8.65. The van der Waals surface area contributed by atoms with Crippen molar-refractivity contribution >= 4 is 11.8 Å². The highest BCUT2D eigenvalue weighted by atomic mass is 16.5. The van der Waals surface area contributed by atoms with E-state index in [1.54, 1.807) is 13.2 Å². The number of carboxylic acid groups (broad SMARTS) is 1. The Morgan fingerprint density at radius 3 is 2.22 bits per heavy atom. The Kier molecular flexibility index (Phi) is 5.92. The molecular formula is C19H20O4. The van der Waals surface area contributed by atoms with Gasteiger partial charge in [0.25, 0.3) is 0 Å². The number of benzene rings is 2. The number of rotatable bonds is 8. The molecule has 0 saturated carbocycles. The summed E-state index contributed by atoms with van der Waals surface area (Å²) in [5.74, 6) is -0.0811. The monoisotopic (exact) mass is 312 g/mol. The van der Waals surface area contributed by atoms with Crippen molar-refractivity contribution in [3.63, 3.8) is 0 Å². The van der Waals surface area contributed by atoms with Crippen LogP contribution in [0.1, 0.15) is 36.0 Å². The van der Waals surface area contributed by atoms with Crippen molar-refractivity contribution in [3.05, 3.63) is 54.1 Å². The number of unbranched alkanes of at least 4 members (excludes halogenated alkanes) is 1. The SMILES string of the molecule is COc1ccccc1-c1ccccc1C(=O)CCCCC(=O)O. The van der Waals surface area contributed by atoms with Crippen molar-refractivity contribution < 1.29 is 19.4 Å². The van der Waals surface area contributed by atoms with Crippen LogP contribution in [0, 0.1) is 0 Å². The average molecular weight is 312 g/mol. The van der Waals surface area contributed by atoms with E-state index in [0.717, 1.165) is 16.9 Å². The predicted molar refractivity (Wildman–Crippen MR) is 88.9 cm³/mol. The maximum Gasteiger partial charge on any atom is 0.303 e. The molecule has 4 heteroatoms. The van der Waals surface area contributed by atoms with E-state index in [1.807, 2.05) is 42.5 Å². The van der Waals surface area contributed by atoms with E-state index in [4.69, 9.17) is 9.84 Å². The Balaban J connectivity index is 2.20. The Labute approximate surface area is 135 Å². The van der Waals surface area contributed by atoms with Gasteiger partial charge in [0.2, 0.25) is 0 Å². The van der Waals surface area contributed by atoms with Crippen molar-refractivity contribution in [2.24, 2.45) is 0 Å². The maximum atomic E-state index is 12.5. The van der Waals surface area contributed by atoms with Crippen LogP contribution < -0.4 is 4.74 Å². The molecule has 2 aromatic carbocycles. The molecule has 120 valence electrons. The molecular weight excluding hydrogens is 292 g/mol. The minimum atomic E-state index is -0.827. The summed E-state index contributed by atoms with van der Waals surface area (Å²) in [5.41, 5.74) is 2.37. The van der Waals surface area contributed by atoms with E-state index >= 15 is 0 Å². The largest absolute Gasteiger partial charge is 0.496 e. The third-order valence-corrected chi connectivity index (χ3v) is 3.67. The molecule has 0 amide bonds. The molecule has 0 saturated heterocycles. The summed E-state index contributed by atoms with van der Waals surface area (Å²) in [6.07, 6.45) is 1.53. The van der Waals surface area contributed by atoms with Gasteiger partial charge in [-0.2, -0.15) is 0 Å². The lowest BCUT2D eigenvalue weighted by Crippen LogP contribution is -2.03. The summed E-state index contributed by atoms with van der Waals surface area (Å²) >= 11 is 0. The van der Waals surface area contributed by atoms with Gasteiger partial charge in [-0.05, 0) is 24.5 Å². The van der Waals surface area contributed by atoms with E-state index in [1.165, 1.54) is 0 Å². The molecule has 2 aromatic rings. The van der Waals surface area contributed by atoms with Crippen molar-refractivity contribution in [2.45, 2.75) is 25.7 Å². The molecule has 0 fully saturated rings. The molecule has 0 radical (unpaired) electrons. The lowest BCUT2D eigenvalue weighted by atomic mass is 9.94. The molecule has 0 aliphatic rings. The molecule has 4 nitrogen and oxygen atoms in total. The highest BCUT2D eigenvalue weighted by molar-refractivity contribution is 6.02. The number of carbonyl (C=O) groups excluding carboxylic acids is 1. The second kappa shape index (κ2) is 8.13. The number of ether oxygens (including phenoxy) is 1. The van der Waals surface area contributed by atoms with Gasteiger partial charge in [0, 0.05) is 24.0 Å². The van der Waals surface area contributed by atoms with Crippen molar-refractivity contribution in [1.82, 2.24) is 0 Å². The van der Waals surface area contributed by atoms with Crippen LogP contribution >= 0.6 is 0 Å². The first-order valence-electron chi connectivity index (χ1n) is 7.61. The number of hydrogen-bond acceptors (Lipinski definition) is 3. The number of carboxylic acids is 1. The molecule has 1 N–H and O–H groups in total. The number of aliphatic carboxylic acids is 1. The summed E-state index contributed by atoms with van der Waals surface area (Å²) in [7, 11) is 1.61. The first-order valence-corrected chi connectivity index (χ1v) is 7.61. The van der Waals surface area contributed by atoms with Crippen molar-refractivity contribution in [3.8, 4) is 16.9 Å². The highest BCUT2D eigenvalue weighted by Crippen LogP contribution is 2.32. The Hall–Kier alpha value is -2.62. The minimum Gasteiger partial charge on any atom is -0.496 e. The third-order valence-electron chi connectivity index (χ3n) is 3.67. The van der Waals surface area contributed by atoms with E-state index in [9.17, 15) is 9.59 Å². The van der Waals surface area contributed by atoms with Gasteiger partial charge in [0.05, 0.1) is 7.11 Å². The molecule has 0 atom stereocenters. The summed E-state index contributed by atoms with van der Waals surface area (Å²) < 4.78 is 5.38. The normalized spacial score (nSPS) is 10.3. The summed E-state index contributed by atoms with van der Waals surface area (Å²) in [6, 6.07) is 15.0. The molecule has 0 aromatic heterocycles. The maximum absolute atomic E-state index is 12.5. The molecule has 0 bridgehead atoms. The Bertz CT molecular complexity index is 691. The third kappa shape index (κ3) is 4.42. The fourth-order valence-electron chi connectivity index (χ4n) is 2.52. The standard InChI is InChI=1S/C19H20O4/c1-23-18-12-6-4-10-16(18)14-8-2-3-9-15(14)17(20)11-5-7-13-19(21)22/h2-4,6,8-10,12H,5,7,11,13H2,1H3,(H,21,22). The molecule has 23 heavy (non-hydrogen) atoms. The zero-order chi connectivity index (χ0) is 16.7. The number of methoxy groups -OCH3 is 1. The Morgan fingerprint density at radius 2 is 1.52 bits per heavy atom. The predicted octanol–water partition coefficient (Wildman–Crippen LogP) is 4.19. The summed E-state index contributed by atoms with van der Waals surface area (Å²) in [4.78, 5) is 23.0. The van der Waals surface area contributed by atoms with Crippen molar-refractivity contribution in [1.29, 1.82) is 0 Å². The van der Waals surface area contributed by atoms with Crippen LogP contribution in [0.5, 0.6) is 5.75 Å². The zero-order valence-electron chi connectivity index (χ0n) is 13.1. The second-order valence-corrected chi connectivity index (χ2v) is 5.27. The van der Waals surface area contributed by atoms with E-state index in [-0.39, 0.29) is 12.2 Å². The molecule has 0 aliphatic heterocycles. The Morgan fingerprint density at radius 1 is 0.913 bits per heavy atom. The average Bonchev–Trinajstić information content (AvgIpc) is 2.58. The molecule has 2 rings (SSSR count). The van der Waals surface area contributed by atoms with E-state index in [0.29, 0.717) is 24.8 Å². The first kappa shape index (κ1) is 16.7. The van der Waals surface area contributed by atoms with Gasteiger partial charge in [-0.25, -0.2) is 0 Å². The van der Waals surface area contributed by atoms with E-state index in [2.05, 4.69) is 0 Å². The summed E-state index contributed by atoms with van der Waals surface area (Å²) in [6.45, 7) is 0. The van der Waals surface area contributed by atoms with Gasteiger partial charge in [0.15, 0.2) is 5.78 Å². The van der Waals surface area contributed by atoms with Gasteiger partial charge in [-0.3, -0.25) is 9.59 Å². The van der Waals surface area contributed by atoms with Crippen LogP contribution in [0.25, 0.3) is 11.1 Å². The van der Waals surface area contributed by atoms with Crippen LogP contribution in [-0.4, -0.2) is 24.0 Å². The molecule has 0 spiro atoms. The van der Waals surface area contributed by atoms with Crippen LogP contribution in [-0.2, 0) is 4.79 Å². The highest BCUT2D eigenvalue weighted by Gasteiger charge is 2.14. The fraction of sp³-hybridized carbons (Fsp3) is 0.263.